The molecule has 6 atom stereocenters. The second-order valence-electron chi connectivity index (χ2n) is 10.4. The van der Waals surface area contributed by atoms with E-state index < -0.39 is 0 Å². The molecule has 1 aliphatic heterocycles. The third-order valence-corrected chi connectivity index (χ3v) is 8.46. The van der Waals surface area contributed by atoms with E-state index in [0.717, 1.165) is 6.42 Å². The molecule has 7 heteroatoms. The molecule has 38 heavy (non-hydrogen) atoms. The van der Waals surface area contributed by atoms with Crippen LogP contribution in [0.15, 0.2) is 84.9 Å². The fourth-order valence-corrected chi connectivity index (χ4v) is 6.61. The molecule has 7 nitrogen and oxygen atoms in total. The molecular formula is C31H26N2O5. The lowest BCUT2D eigenvalue weighted by Crippen LogP contribution is -2.40. The normalized spacial score (nSPS) is 28.1. The highest BCUT2D eigenvalue weighted by molar-refractivity contribution is 6.22. The van der Waals surface area contributed by atoms with E-state index in [1.807, 2.05) is 24.3 Å². The minimum atomic E-state index is -0.287. The average Bonchev–Trinajstić information content (AvgIpc) is 3.73. The van der Waals surface area contributed by atoms with Crippen LogP contribution in [0.25, 0.3) is 0 Å². The number of hydrogen-bond donors (Lipinski definition) is 1. The minimum Gasteiger partial charge on any atom is -0.493 e. The topological polar surface area (TPSA) is 84.9 Å². The van der Waals surface area contributed by atoms with E-state index in [2.05, 4.69) is 17.5 Å². The number of imide groups is 1. The van der Waals surface area contributed by atoms with Gasteiger partial charge in [0.15, 0.2) is 11.5 Å². The quantitative estimate of drug-likeness (QED) is 0.362. The lowest BCUT2D eigenvalue weighted by atomic mass is 9.63. The number of amides is 3. The van der Waals surface area contributed by atoms with Gasteiger partial charge in [0, 0.05) is 11.3 Å². The van der Waals surface area contributed by atoms with Gasteiger partial charge in [-0.2, -0.15) is 0 Å². The first-order valence-electron chi connectivity index (χ1n) is 12.9. The molecule has 1 saturated heterocycles. The number of carbonyl (C=O) groups is 3. The predicted octanol–water partition coefficient (Wildman–Crippen LogP) is 5.30. The molecule has 3 aromatic rings. The summed E-state index contributed by atoms with van der Waals surface area (Å²) in [5.74, 6) is 2.39. The van der Waals surface area contributed by atoms with Crippen LogP contribution >= 0.6 is 0 Å². The Bertz CT molecular complexity index is 1440. The van der Waals surface area contributed by atoms with Gasteiger partial charge in [-0.15, -0.1) is 0 Å². The Morgan fingerprint density at radius 2 is 1.42 bits per heavy atom. The molecule has 0 radical (unpaired) electrons. The summed E-state index contributed by atoms with van der Waals surface area (Å²) in [4.78, 5) is 40.8. The van der Waals surface area contributed by atoms with Gasteiger partial charge in [-0.1, -0.05) is 24.3 Å². The molecule has 3 amide bonds. The van der Waals surface area contributed by atoms with E-state index >= 15 is 0 Å². The number of benzene rings is 3. The van der Waals surface area contributed by atoms with Crippen molar-refractivity contribution in [3.63, 3.8) is 0 Å². The predicted molar refractivity (Wildman–Crippen MR) is 141 cm³/mol. The second-order valence-corrected chi connectivity index (χ2v) is 10.4. The van der Waals surface area contributed by atoms with Gasteiger partial charge in [-0.3, -0.25) is 19.3 Å². The number of methoxy groups -OCH3 is 1. The third-order valence-electron chi connectivity index (χ3n) is 8.46. The minimum absolute atomic E-state index is 0.0997. The lowest BCUT2D eigenvalue weighted by molar-refractivity contribution is -0.124. The summed E-state index contributed by atoms with van der Waals surface area (Å²) in [5, 5.41) is 2.87. The van der Waals surface area contributed by atoms with E-state index in [1.165, 1.54) is 4.90 Å². The summed E-state index contributed by atoms with van der Waals surface area (Å²) in [6, 6.07) is 21.1. The molecule has 0 unspecified atom stereocenters. The lowest BCUT2D eigenvalue weighted by Gasteiger charge is -2.37. The van der Waals surface area contributed by atoms with Gasteiger partial charge in [0.2, 0.25) is 11.8 Å². The summed E-state index contributed by atoms with van der Waals surface area (Å²) in [6.07, 6.45) is 5.47. The third kappa shape index (κ3) is 3.53. The van der Waals surface area contributed by atoms with Crippen molar-refractivity contribution in [1.29, 1.82) is 0 Å². The highest BCUT2D eigenvalue weighted by atomic mass is 16.5. The summed E-state index contributed by atoms with van der Waals surface area (Å²) >= 11 is 0. The molecule has 1 heterocycles. The fourth-order valence-electron chi connectivity index (χ4n) is 6.61. The zero-order valence-electron chi connectivity index (χ0n) is 20.7. The van der Waals surface area contributed by atoms with Crippen LogP contribution < -0.4 is 19.7 Å². The second kappa shape index (κ2) is 8.58. The Morgan fingerprint density at radius 1 is 0.816 bits per heavy atom. The Hall–Kier alpha value is -4.39. The molecule has 5 aliphatic rings. The molecule has 3 aromatic carbocycles. The van der Waals surface area contributed by atoms with Crippen LogP contribution in [0.2, 0.25) is 0 Å². The molecule has 2 bridgehead atoms. The van der Waals surface area contributed by atoms with Crippen LogP contribution in [0, 0.1) is 35.5 Å². The van der Waals surface area contributed by atoms with E-state index in [-0.39, 0.29) is 41.4 Å². The van der Waals surface area contributed by atoms with E-state index in [1.54, 1.807) is 55.6 Å². The molecule has 0 spiro atoms. The number of hydrogen-bond acceptors (Lipinski definition) is 5. The highest BCUT2D eigenvalue weighted by Gasteiger charge is 2.67. The van der Waals surface area contributed by atoms with Crippen molar-refractivity contribution in [2.45, 2.75) is 6.42 Å². The first-order valence-corrected chi connectivity index (χ1v) is 12.9. The Kier molecular flexibility index (Phi) is 5.15. The van der Waals surface area contributed by atoms with E-state index in [9.17, 15) is 14.4 Å². The van der Waals surface area contributed by atoms with Crippen LogP contribution in [0.1, 0.15) is 16.8 Å². The van der Waals surface area contributed by atoms with Gasteiger partial charge >= 0.3 is 0 Å². The molecule has 8 rings (SSSR count). The van der Waals surface area contributed by atoms with Gasteiger partial charge in [0.05, 0.1) is 24.6 Å². The summed E-state index contributed by atoms with van der Waals surface area (Å²) < 4.78 is 11.2. The number of allylic oxidation sites excluding steroid dienone is 2. The highest BCUT2D eigenvalue weighted by Crippen LogP contribution is 2.65. The number of ether oxygens (including phenoxy) is 2. The Balaban J connectivity index is 1.02. The molecule has 2 saturated carbocycles. The van der Waals surface area contributed by atoms with Gasteiger partial charge in [0.25, 0.3) is 5.91 Å². The van der Waals surface area contributed by atoms with Gasteiger partial charge in [0.1, 0.15) is 5.75 Å². The van der Waals surface area contributed by atoms with E-state index in [4.69, 9.17) is 9.47 Å². The fraction of sp³-hybridized carbons (Fsp3) is 0.258. The standard InChI is InChI=1S/C31H26N2O5/c1-37-25-4-2-3-5-26(25)38-20-12-8-18(9-13-20)32-29(34)17-6-10-19(11-7-17)33-30(35)27-21-14-15-22(24-16-23(21)24)28(27)31(33)36/h2-15,21-24,27-28H,16H2,1H3,(H,32,34)/t21-,22-,23-,24-,27+,28+/m0/s1. The molecule has 1 N–H and O–H groups in total. The maximum absolute atomic E-state index is 13.3. The largest absolute Gasteiger partial charge is 0.493 e. The molecule has 4 aliphatic carbocycles. The van der Waals surface area contributed by atoms with E-state index in [0.29, 0.717) is 46.0 Å². The summed E-state index contributed by atoms with van der Waals surface area (Å²) in [5.41, 5.74) is 1.57. The summed E-state index contributed by atoms with van der Waals surface area (Å²) in [7, 11) is 1.59. The zero-order chi connectivity index (χ0) is 26.0. The van der Waals surface area contributed by atoms with Crippen molar-refractivity contribution in [2.24, 2.45) is 35.5 Å². The molecular weight excluding hydrogens is 480 g/mol. The maximum atomic E-state index is 13.3. The Morgan fingerprint density at radius 3 is 2.03 bits per heavy atom. The number of nitrogens with zero attached hydrogens (tertiary/aromatic N) is 1. The zero-order valence-corrected chi connectivity index (χ0v) is 20.7. The molecule has 0 aromatic heterocycles. The van der Waals surface area contributed by atoms with Crippen molar-refractivity contribution < 1.29 is 23.9 Å². The number of rotatable bonds is 6. The SMILES string of the molecule is COc1ccccc1Oc1ccc(NC(=O)c2ccc(N3C(=O)[C@@H]4[C@H]5C=C[C@@H]([C@@H]6C[C@@H]56)[C@H]4C3=O)cc2)cc1. The molecule has 3 fully saturated rings. The van der Waals surface area contributed by atoms with Crippen molar-refractivity contribution in [1.82, 2.24) is 0 Å². The number of carbonyl (C=O) groups excluding carboxylic acids is 3. The van der Waals surface area contributed by atoms with Crippen LogP contribution in [0.4, 0.5) is 11.4 Å². The van der Waals surface area contributed by atoms with Gasteiger partial charge in [-0.05, 0) is 90.8 Å². The molecule has 190 valence electrons. The van der Waals surface area contributed by atoms with Crippen molar-refractivity contribution >= 4 is 29.1 Å². The van der Waals surface area contributed by atoms with Crippen LogP contribution in [-0.2, 0) is 9.59 Å². The smallest absolute Gasteiger partial charge is 0.255 e. The monoisotopic (exact) mass is 506 g/mol. The van der Waals surface area contributed by atoms with Crippen molar-refractivity contribution in [2.75, 3.05) is 17.3 Å². The number of para-hydroxylation sites is 2. The average molecular weight is 507 g/mol. The first-order chi connectivity index (χ1) is 18.5. The van der Waals surface area contributed by atoms with Crippen LogP contribution in [-0.4, -0.2) is 24.8 Å². The van der Waals surface area contributed by atoms with Crippen LogP contribution in [0.3, 0.4) is 0 Å². The van der Waals surface area contributed by atoms with Gasteiger partial charge < -0.3 is 14.8 Å². The van der Waals surface area contributed by atoms with Crippen molar-refractivity contribution in [3.8, 4) is 17.2 Å². The van der Waals surface area contributed by atoms with Gasteiger partial charge in [-0.25, -0.2) is 0 Å². The van der Waals surface area contributed by atoms with Crippen molar-refractivity contribution in [3.05, 3.63) is 90.5 Å². The van der Waals surface area contributed by atoms with Crippen LogP contribution in [0.5, 0.6) is 17.2 Å². The Labute approximate surface area is 220 Å². The number of anilines is 2. The number of nitrogens with one attached hydrogen (secondary N) is 1. The summed E-state index contributed by atoms with van der Waals surface area (Å²) in [6.45, 7) is 0. The maximum Gasteiger partial charge on any atom is 0.255 e. The first kappa shape index (κ1) is 22.8.